The second-order valence-electron chi connectivity index (χ2n) is 4.35. The minimum atomic E-state index is -0.215. The zero-order chi connectivity index (χ0) is 12.1. The minimum absolute atomic E-state index is 0.0954. The Morgan fingerprint density at radius 2 is 2.12 bits per heavy atom. The van der Waals surface area contributed by atoms with Crippen LogP contribution in [0.15, 0.2) is 22.7 Å². The molecule has 3 heteroatoms. The van der Waals surface area contributed by atoms with E-state index >= 15 is 0 Å². The van der Waals surface area contributed by atoms with Gasteiger partial charge < -0.3 is 5.73 Å². The first-order chi connectivity index (χ1) is 7.56. The summed E-state index contributed by atoms with van der Waals surface area (Å²) in [4.78, 5) is 0. The first-order valence-corrected chi connectivity index (χ1v) is 6.54. The maximum absolute atomic E-state index is 13.3. The van der Waals surface area contributed by atoms with Gasteiger partial charge in [-0.1, -0.05) is 32.4 Å². The van der Waals surface area contributed by atoms with E-state index in [1.165, 1.54) is 6.07 Å². The summed E-state index contributed by atoms with van der Waals surface area (Å²) in [6.45, 7) is 4.31. The van der Waals surface area contributed by atoms with Crippen molar-refractivity contribution in [1.82, 2.24) is 0 Å². The Morgan fingerprint density at radius 1 is 1.44 bits per heavy atom. The number of nitrogens with two attached hydrogens (primary N) is 1. The van der Waals surface area contributed by atoms with Crippen LogP contribution in [0, 0.1) is 11.7 Å². The Hall–Kier alpha value is -0.410. The molecule has 0 aliphatic carbocycles. The van der Waals surface area contributed by atoms with E-state index in [9.17, 15) is 4.39 Å². The molecular formula is C13H19BrFN. The second-order valence-corrected chi connectivity index (χ2v) is 5.14. The van der Waals surface area contributed by atoms with Gasteiger partial charge in [0.25, 0.3) is 0 Å². The van der Waals surface area contributed by atoms with E-state index in [2.05, 4.69) is 29.8 Å². The van der Waals surface area contributed by atoms with E-state index in [1.54, 1.807) is 6.07 Å². The summed E-state index contributed by atoms with van der Waals surface area (Å²) in [6, 6.07) is 5.20. The zero-order valence-electron chi connectivity index (χ0n) is 9.84. The second kappa shape index (κ2) is 6.36. The molecule has 16 heavy (non-hydrogen) atoms. The van der Waals surface area contributed by atoms with Gasteiger partial charge in [0, 0.05) is 6.04 Å². The van der Waals surface area contributed by atoms with Crippen LogP contribution in [0.4, 0.5) is 4.39 Å². The topological polar surface area (TPSA) is 26.0 Å². The molecule has 1 nitrogen and oxygen atoms in total. The number of benzene rings is 1. The molecule has 1 aromatic carbocycles. The van der Waals surface area contributed by atoms with Crippen LogP contribution in [0.1, 0.15) is 32.3 Å². The molecule has 2 N–H and O–H groups in total. The first-order valence-electron chi connectivity index (χ1n) is 5.74. The SMILES string of the molecule is CCCC(C)C(N)Cc1cccc(F)c1Br. The first kappa shape index (κ1) is 13.7. The fourth-order valence-corrected chi connectivity index (χ4v) is 2.26. The molecule has 0 fully saturated rings. The summed E-state index contributed by atoms with van der Waals surface area (Å²) in [5, 5.41) is 0. The van der Waals surface area contributed by atoms with E-state index in [4.69, 9.17) is 5.73 Å². The Balaban J connectivity index is 2.69. The largest absolute Gasteiger partial charge is 0.327 e. The molecule has 0 heterocycles. The summed E-state index contributed by atoms with van der Waals surface area (Å²) in [7, 11) is 0. The highest BCUT2D eigenvalue weighted by Gasteiger charge is 2.15. The van der Waals surface area contributed by atoms with Gasteiger partial charge in [0.1, 0.15) is 5.82 Å². The van der Waals surface area contributed by atoms with Crippen molar-refractivity contribution >= 4 is 15.9 Å². The lowest BCUT2D eigenvalue weighted by atomic mass is 9.92. The van der Waals surface area contributed by atoms with Crippen molar-refractivity contribution in [2.45, 2.75) is 39.2 Å². The third-order valence-corrected chi connectivity index (χ3v) is 3.85. The maximum atomic E-state index is 13.3. The Kier molecular flexibility index (Phi) is 5.42. The smallest absolute Gasteiger partial charge is 0.137 e. The average Bonchev–Trinajstić information content (AvgIpc) is 2.25. The molecular weight excluding hydrogens is 269 g/mol. The molecule has 2 unspecified atom stereocenters. The summed E-state index contributed by atoms with van der Waals surface area (Å²) >= 11 is 3.27. The molecule has 1 aromatic rings. The van der Waals surface area contributed by atoms with Crippen molar-refractivity contribution in [2.24, 2.45) is 11.7 Å². The highest BCUT2D eigenvalue weighted by molar-refractivity contribution is 9.10. The molecule has 2 atom stereocenters. The number of hydrogen-bond acceptors (Lipinski definition) is 1. The standard InChI is InChI=1S/C13H19BrFN/c1-3-5-9(2)12(16)8-10-6-4-7-11(15)13(10)14/h4,6-7,9,12H,3,5,8,16H2,1-2H3. The number of hydrogen-bond donors (Lipinski definition) is 1. The fourth-order valence-electron chi connectivity index (χ4n) is 1.83. The molecule has 0 bridgehead atoms. The Morgan fingerprint density at radius 3 is 2.75 bits per heavy atom. The van der Waals surface area contributed by atoms with E-state index in [-0.39, 0.29) is 11.9 Å². The summed E-state index contributed by atoms with van der Waals surface area (Å²) < 4.78 is 13.8. The number of rotatable bonds is 5. The molecule has 0 aliphatic heterocycles. The van der Waals surface area contributed by atoms with Crippen molar-refractivity contribution in [3.8, 4) is 0 Å². The van der Waals surface area contributed by atoms with Gasteiger partial charge in [-0.25, -0.2) is 4.39 Å². The van der Waals surface area contributed by atoms with Gasteiger partial charge in [-0.15, -0.1) is 0 Å². The van der Waals surface area contributed by atoms with Crippen LogP contribution < -0.4 is 5.73 Å². The van der Waals surface area contributed by atoms with E-state index in [0.717, 1.165) is 24.8 Å². The van der Waals surface area contributed by atoms with Gasteiger partial charge in [-0.05, 0) is 46.3 Å². The van der Waals surface area contributed by atoms with E-state index < -0.39 is 0 Å². The van der Waals surface area contributed by atoms with Crippen molar-refractivity contribution in [2.75, 3.05) is 0 Å². The number of halogens is 2. The van der Waals surface area contributed by atoms with Gasteiger partial charge in [0.15, 0.2) is 0 Å². The third-order valence-electron chi connectivity index (χ3n) is 2.96. The molecule has 0 radical (unpaired) electrons. The molecule has 1 rings (SSSR count). The highest BCUT2D eigenvalue weighted by Crippen LogP contribution is 2.23. The van der Waals surface area contributed by atoms with E-state index in [0.29, 0.717) is 10.4 Å². The van der Waals surface area contributed by atoms with Crippen LogP contribution in [0.2, 0.25) is 0 Å². The lowest BCUT2D eigenvalue weighted by Gasteiger charge is -2.20. The summed E-state index contributed by atoms with van der Waals surface area (Å²) in [5.74, 6) is 0.257. The monoisotopic (exact) mass is 287 g/mol. The highest BCUT2D eigenvalue weighted by atomic mass is 79.9. The van der Waals surface area contributed by atoms with E-state index in [1.807, 2.05) is 6.07 Å². The molecule has 0 saturated carbocycles. The maximum Gasteiger partial charge on any atom is 0.137 e. The molecule has 0 amide bonds. The average molecular weight is 288 g/mol. The summed E-state index contributed by atoms with van der Waals surface area (Å²) in [6.07, 6.45) is 2.98. The predicted octanol–water partition coefficient (Wildman–Crippen LogP) is 3.89. The molecule has 0 spiro atoms. The van der Waals surface area contributed by atoms with Crippen LogP contribution in [0.5, 0.6) is 0 Å². The molecule has 0 aliphatic rings. The zero-order valence-corrected chi connectivity index (χ0v) is 11.4. The third kappa shape index (κ3) is 3.56. The van der Waals surface area contributed by atoms with Crippen molar-refractivity contribution in [3.05, 3.63) is 34.1 Å². The van der Waals surface area contributed by atoms with Gasteiger partial charge >= 0.3 is 0 Å². The van der Waals surface area contributed by atoms with Crippen LogP contribution in [-0.4, -0.2) is 6.04 Å². The molecule has 0 saturated heterocycles. The van der Waals surface area contributed by atoms with Crippen molar-refractivity contribution in [1.29, 1.82) is 0 Å². The Labute approximate surface area is 105 Å². The normalized spacial score (nSPS) is 14.8. The van der Waals surface area contributed by atoms with Crippen LogP contribution >= 0.6 is 15.9 Å². The Bertz CT molecular complexity index is 341. The van der Waals surface area contributed by atoms with Gasteiger partial charge in [-0.3, -0.25) is 0 Å². The predicted molar refractivity (Wildman–Crippen MR) is 69.9 cm³/mol. The van der Waals surface area contributed by atoms with Gasteiger partial charge in [-0.2, -0.15) is 0 Å². The van der Waals surface area contributed by atoms with Gasteiger partial charge in [0.2, 0.25) is 0 Å². The van der Waals surface area contributed by atoms with Crippen LogP contribution in [0.3, 0.4) is 0 Å². The van der Waals surface area contributed by atoms with Crippen molar-refractivity contribution < 1.29 is 4.39 Å². The summed E-state index contributed by atoms with van der Waals surface area (Å²) in [5.41, 5.74) is 7.07. The minimum Gasteiger partial charge on any atom is -0.327 e. The van der Waals surface area contributed by atoms with Crippen molar-refractivity contribution in [3.63, 3.8) is 0 Å². The van der Waals surface area contributed by atoms with Crippen LogP contribution in [0.25, 0.3) is 0 Å². The van der Waals surface area contributed by atoms with Gasteiger partial charge in [0.05, 0.1) is 4.47 Å². The van der Waals surface area contributed by atoms with Crippen LogP contribution in [-0.2, 0) is 6.42 Å². The quantitative estimate of drug-likeness (QED) is 0.874. The molecule has 0 aromatic heterocycles. The fraction of sp³-hybridized carbons (Fsp3) is 0.538. The lowest BCUT2D eigenvalue weighted by Crippen LogP contribution is -2.30. The molecule has 90 valence electrons. The lowest BCUT2D eigenvalue weighted by molar-refractivity contribution is 0.419.